The number of hydrogen-bond acceptors (Lipinski definition) is 3. The van der Waals surface area contributed by atoms with Crippen molar-refractivity contribution in [2.75, 3.05) is 20.3 Å². The molecule has 0 saturated carbocycles. The molecule has 0 aliphatic heterocycles. The Labute approximate surface area is 208 Å². The van der Waals surface area contributed by atoms with Gasteiger partial charge < -0.3 is 15.2 Å². The van der Waals surface area contributed by atoms with Gasteiger partial charge in [0.1, 0.15) is 0 Å². The fourth-order valence-corrected chi connectivity index (χ4v) is 3.62. The second kappa shape index (κ2) is 26.0. The number of amides is 1. The summed E-state index contributed by atoms with van der Waals surface area (Å²) >= 11 is 0. The van der Waals surface area contributed by atoms with Gasteiger partial charge in [0.2, 0.25) is 5.91 Å². The third-order valence-corrected chi connectivity index (χ3v) is 6.32. The van der Waals surface area contributed by atoms with E-state index < -0.39 is 0 Å². The highest BCUT2D eigenvalue weighted by Crippen LogP contribution is 2.14. The number of nitrogens with one attached hydrogen (secondary N) is 1. The Morgan fingerprint density at radius 1 is 0.818 bits per heavy atom. The zero-order valence-electron chi connectivity index (χ0n) is 23.5. The summed E-state index contributed by atoms with van der Waals surface area (Å²) in [5.74, 6) is 0.918. The van der Waals surface area contributed by atoms with Crippen LogP contribution in [0.1, 0.15) is 150 Å². The summed E-state index contributed by atoms with van der Waals surface area (Å²) < 4.78 is 5.02. The van der Waals surface area contributed by atoms with Crippen molar-refractivity contribution in [3.05, 3.63) is 0 Å². The van der Waals surface area contributed by atoms with E-state index in [0.717, 1.165) is 25.8 Å². The molecule has 0 bridgehead atoms. The van der Waals surface area contributed by atoms with Crippen LogP contribution in [0.3, 0.4) is 0 Å². The van der Waals surface area contributed by atoms with Crippen LogP contribution in [0.15, 0.2) is 0 Å². The van der Waals surface area contributed by atoms with Gasteiger partial charge in [-0.05, 0) is 39.0 Å². The second-order valence-electron chi connectivity index (χ2n) is 10.7. The molecular formula is C29H61NO3. The maximum absolute atomic E-state index is 11.6. The Kier molecular flexibility index (Phi) is 27.2. The van der Waals surface area contributed by atoms with Crippen molar-refractivity contribution in [3.63, 3.8) is 0 Å². The van der Waals surface area contributed by atoms with Gasteiger partial charge in [-0.25, -0.2) is 0 Å². The molecule has 0 rings (SSSR count). The molecule has 0 atom stereocenters. The summed E-state index contributed by atoms with van der Waals surface area (Å²) in [5, 5.41) is 11.5. The molecule has 0 unspecified atom stereocenters. The van der Waals surface area contributed by atoms with Gasteiger partial charge in [-0.2, -0.15) is 0 Å². The molecule has 0 aliphatic rings. The minimum atomic E-state index is -0.158. The van der Waals surface area contributed by atoms with E-state index in [0.29, 0.717) is 12.3 Å². The van der Waals surface area contributed by atoms with E-state index in [1.807, 2.05) is 13.8 Å². The van der Waals surface area contributed by atoms with Crippen molar-refractivity contribution in [3.8, 4) is 0 Å². The molecule has 4 heteroatoms. The van der Waals surface area contributed by atoms with E-state index in [-0.39, 0.29) is 18.1 Å². The summed E-state index contributed by atoms with van der Waals surface area (Å²) in [6, 6.07) is 0. The molecule has 0 spiro atoms. The fraction of sp³-hybridized carbons (Fsp3) is 0.966. The van der Waals surface area contributed by atoms with Gasteiger partial charge in [-0.3, -0.25) is 4.79 Å². The molecular weight excluding hydrogens is 410 g/mol. The molecule has 0 aliphatic carbocycles. The first-order valence-corrected chi connectivity index (χ1v) is 14.2. The molecule has 0 aromatic heterocycles. The molecule has 0 heterocycles. The van der Waals surface area contributed by atoms with Crippen LogP contribution < -0.4 is 5.32 Å². The first kappa shape index (κ1) is 34.6. The number of carbonyl (C=O) groups is 1. The largest absolute Gasteiger partial charge is 0.396 e. The van der Waals surface area contributed by atoms with Gasteiger partial charge in [-0.15, -0.1) is 0 Å². The van der Waals surface area contributed by atoms with Crippen LogP contribution in [0.2, 0.25) is 0 Å². The number of aliphatic hydroxyl groups is 1. The molecule has 1 amide bonds. The van der Waals surface area contributed by atoms with Crippen LogP contribution >= 0.6 is 0 Å². The van der Waals surface area contributed by atoms with Crippen molar-refractivity contribution in [1.82, 2.24) is 5.32 Å². The number of carbonyl (C=O) groups excluding carboxylic acids is 1. The van der Waals surface area contributed by atoms with Crippen LogP contribution in [0.25, 0.3) is 0 Å². The standard InChI is InChI=1S/C23H47NO.C6H14O2/c1-4-5-6-7-8-9-10-11-12-13-14-15-16-17-18-19-23(25)24-21-20-22(2)3;1-6(2,8-3)4-5-7/h22H,4-21H2,1-3H3,(H,24,25);7H,4-5H2,1-3H3. The number of aliphatic hydroxyl groups excluding tert-OH is 1. The zero-order valence-corrected chi connectivity index (χ0v) is 23.5. The summed E-state index contributed by atoms with van der Waals surface area (Å²) in [7, 11) is 1.65. The lowest BCUT2D eigenvalue weighted by Crippen LogP contribution is -2.24. The lowest BCUT2D eigenvalue weighted by Gasteiger charge is -2.20. The molecule has 0 aromatic carbocycles. The Balaban J connectivity index is 0. The van der Waals surface area contributed by atoms with E-state index in [9.17, 15) is 4.79 Å². The maximum atomic E-state index is 11.6. The van der Waals surface area contributed by atoms with E-state index in [2.05, 4.69) is 26.1 Å². The fourth-order valence-electron chi connectivity index (χ4n) is 3.62. The number of ether oxygens (including phenoxy) is 1. The van der Waals surface area contributed by atoms with E-state index in [1.165, 1.54) is 89.9 Å². The van der Waals surface area contributed by atoms with Crippen molar-refractivity contribution in [2.45, 2.75) is 156 Å². The lowest BCUT2D eigenvalue weighted by molar-refractivity contribution is -0.121. The molecule has 4 nitrogen and oxygen atoms in total. The number of rotatable bonds is 22. The van der Waals surface area contributed by atoms with Crippen LogP contribution in [-0.4, -0.2) is 36.9 Å². The Morgan fingerprint density at radius 3 is 1.58 bits per heavy atom. The van der Waals surface area contributed by atoms with Gasteiger partial charge in [0, 0.05) is 26.7 Å². The van der Waals surface area contributed by atoms with Crippen molar-refractivity contribution in [2.24, 2.45) is 5.92 Å². The molecule has 2 N–H and O–H groups in total. The van der Waals surface area contributed by atoms with Gasteiger partial charge in [0.25, 0.3) is 0 Å². The van der Waals surface area contributed by atoms with E-state index in [1.54, 1.807) is 7.11 Å². The molecule has 0 radical (unpaired) electrons. The summed E-state index contributed by atoms with van der Waals surface area (Å²) in [6.45, 7) is 11.6. The van der Waals surface area contributed by atoms with Crippen LogP contribution in [0.5, 0.6) is 0 Å². The normalized spacial score (nSPS) is 11.4. The average molecular weight is 472 g/mol. The predicted molar refractivity (Wildman–Crippen MR) is 145 cm³/mol. The van der Waals surface area contributed by atoms with Crippen LogP contribution in [0, 0.1) is 5.92 Å². The third-order valence-electron chi connectivity index (χ3n) is 6.32. The third kappa shape index (κ3) is 31.4. The smallest absolute Gasteiger partial charge is 0.219 e. The Bertz CT molecular complexity index is 396. The molecule has 33 heavy (non-hydrogen) atoms. The lowest BCUT2D eigenvalue weighted by atomic mass is 10.0. The predicted octanol–water partition coefficient (Wildman–Crippen LogP) is 8.20. The van der Waals surface area contributed by atoms with Crippen LogP contribution in [0.4, 0.5) is 0 Å². The number of methoxy groups -OCH3 is 1. The van der Waals surface area contributed by atoms with Crippen molar-refractivity contribution in [1.29, 1.82) is 0 Å². The number of unbranched alkanes of at least 4 members (excludes halogenated alkanes) is 14. The molecule has 0 aromatic rings. The van der Waals surface area contributed by atoms with Gasteiger partial charge in [0.05, 0.1) is 5.60 Å². The maximum Gasteiger partial charge on any atom is 0.219 e. The average Bonchev–Trinajstić information content (AvgIpc) is 2.76. The van der Waals surface area contributed by atoms with Gasteiger partial charge in [-0.1, -0.05) is 111 Å². The Hall–Kier alpha value is -0.610. The second-order valence-corrected chi connectivity index (χ2v) is 10.7. The monoisotopic (exact) mass is 471 g/mol. The molecule has 0 fully saturated rings. The van der Waals surface area contributed by atoms with E-state index >= 15 is 0 Å². The molecule has 200 valence electrons. The zero-order chi connectivity index (χ0) is 25.2. The SMILES string of the molecule is CCCCCCCCCCCCCCCCCC(=O)NCCC(C)C.COC(C)(C)CCO. The van der Waals surface area contributed by atoms with E-state index in [4.69, 9.17) is 9.84 Å². The van der Waals surface area contributed by atoms with Gasteiger partial charge in [0.15, 0.2) is 0 Å². The first-order valence-electron chi connectivity index (χ1n) is 14.2. The topological polar surface area (TPSA) is 58.6 Å². The minimum Gasteiger partial charge on any atom is -0.396 e. The molecule has 0 saturated heterocycles. The summed E-state index contributed by atoms with van der Waals surface area (Å²) in [6.07, 6.45) is 23.1. The van der Waals surface area contributed by atoms with Crippen molar-refractivity contribution >= 4 is 5.91 Å². The first-order chi connectivity index (χ1) is 15.8. The summed E-state index contributed by atoms with van der Waals surface area (Å²) in [5.41, 5.74) is -0.158. The highest BCUT2D eigenvalue weighted by Gasteiger charge is 2.13. The highest BCUT2D eigenvalue weighted by atomic mass is 16.5. The van der Waals surface area contributed by atoms with Crippen LogP contribution in [-0.2, 0) is 9.53 Å². The summed E-state index contributed by atoms with van der Waals surface area (Å²) in [4.78, 5) is 11.6. The van der Waals surface area contributed by atoms with Crippen molar-refractivity contribution < 1.29 is 14.6 Å². The number of hydrogen-bond donors (Lipinski definition) is 2. The minimum absolute atomic E-state index is 0.158. The Morgan fingerprint density at radius 2 is 1.24 bits per heavy atom. The highest BCUT2D eigenvalue weighted by molar-refractivity contribution is 5.75. The van der Waals surface area contributed by atoms with Gasteiger partial charge >= 0.3 is 0 Å². The quantitative estimate of drug-likeness (QED) is 0.156.